The van der Waals surface area contributed by atoms with E-state index in [0.29, 0.717) is 11.1 Å². The van der Waals surface area contributed by atoms with Crippen LogP contribution in [0.1, 0.15) is 18.9 Å². The minimum absolute atomic E-state index is 0.242. The van der Waals surface area contributed by atoms with Crippen LogP contribution in [-0.2, 0) is 6.54 Å². The first-order valence-electron chi connectivity index (χ1n) is 5.75. The molecule has 2 rings (SSSR count). The first-order valence-corrected chi connectivity index (χ1v) is 6.09. The predicted molar refractivity (Wildman–Crippen MR) is 68.6 cm³/mol. The van der Waals surface area contributed by atoms with Crippen LogP contribution in [0.15, 0.2) is 23.3 Å². The van der Waals surface area contributed by atoms with Gasteiger partial charge in [-0.25, -0.2) is 9.55 Å². The Morgan fingerprint density at radius 2 is 2.28 bits per heavy atom. The lowest BCUT2D eigenvalue weighted by Crippen LogP contribution is -2.34. The lowest BCUT2D eigenvalue weighted by Gasteiger charge is -2.07. The number of hydrogen-bond donors (Lipinski definition) is 2. The molecule has 0 atom stereocenters. The number of H-pyrrole nitrogens is 1. The minimum Gasteiger partial charge on any atom is -0.493 e. The maximum atomic E-state index is 11.4. The van der Waals surface area contributed by atoms with Gasteiger partial charge in [-0.2, -0.15) is 4.09 Å². The van der Waals surface area contributed by atoms with E-state index >= 15 is 0 Å². The van der Waals surface area contributed by atoms with Gasteiger partial charge in [-0.15, -0.1) is 0 Å². The molecule has 6 heteroatoms. The first kappa shape index (κ1) is 12.7. The van der Waals surface area contributed by atoms with Crippen LogP contribution < -0.4 is 10.1 Å². The SMILES string of the molecule is CCC[n+]1cc[nH]c1-c1c(C)cc(=O)n(Cl)c1O. The summed E-state index contributed by atoms with van der Waals surface area (Å²) in [6.45, 7) is 4.66. The van der Waals surface area contributed by atoms with Crippen LogP contribution >= 0.6 is 11.8 Å². The summed E-state index contributed by atoms with van der Waals surface area (Å²) in [6, 6.07) is 1.40. The van der Waals surface area contributed by atoms with Gasteiger partial charge in [-0.3, -0.25) is 4.79 Å². The van der Waals surface area contributed by atoms with Crippen LogP contribution in [0.25, 0.3) is 11.4 Å². The largest absolute Gasteiger partial charge is 0.493 e. The van der Waals surface area contributed by atoms with Crippen molar-refractivity contribution in [3.63, 3.8) is 0 Å². The fourth-order valence-electron chi connectivity index (χ4n) is 1.99. The number of hydrogen-bond acceptors (Lipinski definition) is 2. The Labute approximate surface area is 109 Å². The zero-order chi connectivity index (χ0) is 13.3. The summed E-state index contributed by atoms with van der Waals surface area (Å²) < 4.78 is 2.70. The van der Waals surface area contributed by atoms with E-state index < -0.39 is 5.56 Å². The van der Waals surface area contributed by atoms with Gasteiger partial charge in [0, 0.05) is 17.8 Å². The Morgan fingerprint density at radius 3 is 2.94 bits per heavy atom. The van der Waals surface area contributed by atoms with Crippen LogP contribution in [0, 0.1) is 6.92 Å². The molecule has 18 heavy (non-hydrogen) atoms. The standard InChI is InChI=1S/C12H14ClN3O2/c1-3-5-15-6-4-14-11(15)10-8(2)7-9(17)16(13)12(10)18/h4,6-7H,3,5H2,1-2H3,(H,14,17,18)/p+1. The highest BCUT2D eigenvalue weighted by Crippen LogP contribution is 2.28. The number of aromatic amines is 1. The van der Waals surface area contributed by atoms with Crippen molar-refractivity contribution in [3.05, 3.63) is 34.4 Å². The quantitative estimate of drug-likeness (QED) is 0.830. The molecular formula is C12H15ClN3O2+. The van der Waals surface area contributed by atoms with E-state index in [2.05, 4.69) is 11.9 Å². The predicted octanol–water partition coefficient (Wildman–Crippen LogP) is 1.56. The van der Waals surface area contributed by atoms with Gasteiger partial charge in [0.05, 0.1) is 6.54 Å². The van der Waals surface area contributed by atoms with Gasteiger partial charge < -0.3 is 5.11 Å². The number of nitrogens with one attached hydrogen (secondary N) is 1. The van der Waals surface area contributed by atoms with Crippen LogP contribution in [0.3, 0.4) is 0 Å². The highest BCUT2D eigenvalue weighted by atomic mass is 35.5. The lowest BCUT2D eigenvalue weighted by atomic mass is 10.1. The van der Waals surface area contributed by atoms with Crippen molar-refractivity contribution >= 4 is 11.8 Å². The second-order valence-electron chi connectivity index (χ2n) is 4.15. The molecule has 2 heterocycles. The van der Waals surface area contributed by atoms with E-state index in [1.807, 2.05) is 10.8 Å². The molecule has 2 aromatic rings. The molecule has 0 spiro atoms. The molecule has 0 aliphatic heterocycles. The highest BCUT2D eigenvalue weighted by molar-refractivity contribution is 6.16. The highest BCUT2D eigenvalue weighted by Gasteiger charge is 2.22. The van der Waals surface area contributed by atoms with Crippen LogP contribution in [0.5, 0.6) is 5.88 Å². The monoisotopic (exact) mass is 268 g/mol. The van der Waals surface area contributed by atoms with Crippen molar-refractivity contribution < 1.29 is 9.67 Å². The molecule has 0 saturated heterocycles. The Bertz CT molecular complexity index is 631. The van der Waals surface area contributed by atoms with Crippen molar-refractivity contribution in [2.75, 3.05) is 0 Å². The zero-order valence-corrected chi connectivity index (χ0v) is 11.0. The molecule has 0 saturated carbocycles. The smallest absolute Gasteiger partial charge is 0.292 e. The molecule has 0 amide bonds. The van der Waals surface area contributed by atoms with E-state index in [9.17, 15) is 9.90 Å². The van der Waals surface area contributed by atoms with Gasteiger partial charge in [0.1, 0.15) is 18.0 Å². The minimum atomic E-state index is -0.441. The molecule has 0 radical (unpaired) electrons. The summed E-state index contributed by atoms with van der Waals surface area (Å²) in [5.74, 6) is 0.496. The normalized spacial score (nSPS) is 10.8. The maximum Gasteiger partial charge on any atom is 0.292 e. The van der Waals surface area contributed by atoms with E-state index in [-0.39, 0.29) is 5.88 Å². The van der Waals surface area contributed by atoms with Gasteiger partial charge in [-0.1, -0.05) is 6.92 Å². The Balaban J connectivity index is 2.67. The number of halogens is 1. The van der Waals surface area contributed by atoms with E-state index in [0.717, 1.165) is 22.9 Å². The number of pyridine rings is 1. The fourth-order valence-corrected chi connectivity index (χ4v) is 2.13. The summed E-state index contributed by atoms with van der Waals surface area (Å²) >= 11 is 5.73. The van der Waals surface area contributed by atoms with Crippen molar-refractivity contribution in [1.82, 2.24) is 9.07 Å². The molecule has 0 aliphatic rings. The first-order chi connectivity index (χ1) is 8.56. The topological polar surface area (TPSA) is 61.9 Å². The summed E-state index contributed by atoms with van der Waals surface area (Å²) in [4.78, 5) is 14.5. The average molecular weight is 269 g/mol. The van der Waals surface area contributed by atoms with E-state index in [4.69, 9.17) is 11.8 Å². The number of aromatic hydroxyl groups is 1. The van der Waals surface area contributed by atoms with Crippen LogP contribution in [0.4, 0.5) is 0 Å². The number of imidazole rings is 1. The molecule has 96 valence electrons. The Kier molecular flexibility index (Phi) is 3.43. The third-order valence-electron chi connectivity index (χ3n) is 2.80. The summed E-state index contributed by atoms with van der Waals surface area (Å²) in [5.41, 5.74) is 0.786. The number of rotatable bonds is 3. The summed E-state index contributed by atoms with van der Waals surface area (Å²) in [6.07, 6.45) is 4.64. The summed E-state index contributed by atoms with van der Waals surface area (Å²) in [5, 5.41) is 10.0. The lowest BCUT2D eigenvalue weighted by molar-refractivity contribution is -0.684. The van der Waals surface area contributed by atoms with Crippen molar-refractivity contribution in [1.29, 1.82) is 0 Å². The Morgan fingerprint density at radius 1 is 1.56 bits per heavy atom. The van der Waals surface area contributed by atoms with Gasteiger partial charge in [0.25, 0.3) is 11.4 Å². The van der Waals surface area contributed by atoms with Gasteiger partial charge in [0.15, 0.2) is 0 Å². The van der Waals surface area contributed by atoms with E-state index in [1.54, 1.807) is 13.1 Å². The zero-order valence-electron chi connectivity index (χ0n) is 10.3. The van der Waals surface area contributed by atoms with E-state index in [1.165, 1.54) is 6.07 Å². The maximum absolute atomic E-state index is 11.4. The molecule has 0 fully saturated rings. The third kappa shape index (κ3) is 2.01. The molecule has 0 aromatic carbocycles. The fraction of sp³-hybridized carbons (Fsp3) is 0.333. The third-order valence-corrected chi connectivity index (χ3v) is 3.13. The van der Waals surface area contributed by atoms with Crippen molar-refractivity contribution in [2.45, 2.75) is 26.8 Å². The second kappa shape index (κ2) is 4.86. The molecule has 0 unspecified atom stereocenters. The number of aromatic nitrogens is 3. The van der Waals surface area contributed by atoms with Gasteiger partial charge in [-0.05, 0) is 18.9 Å². The van der Waals surface area contributed by atoms with Gasteiger partial charge in [0.2, 0.25) is 5.88 Å². The summed E-state index contributed by atoms with van der Waals surface area (Å²) in [7, 11) is 0. The molecular weight excluding hydrogens is 254 g/mol. The molecule has 2 N–H and O–H groups in total. The Hall–Kier alpha value is -1.75. The van der Waals surface area contributed by atoms with Gasteiger partial charge >= 0.3 is 0 Å². The van der Waals surface area contributed by atoms with Crippen LogP contribution in [-0.4, -0.2) is 14.2 Å². The van der Waals surface area contributed by atoms with Crippen LogP contribution in [0.2, 0.25) is 0 Å². The molecule has 5 nitrogen and oxygen atoms in total. The number of aryl methyl sites for hydroxylation is 2. The average Bonchev–Trinajstić information content (AvgIpc) is 2.75. The van der Waals surface area contributed by atoms with Crippen molar-refractivity contribution in [2.24, 2.45) is 0 Å². The molecule has 2 aromatic heterocycles. The molecule has 0 aliphatic carbocycles. The number of nitrogens with zero attached hydrogens (tertiary/aromatic N) is 2. The molecule has 0 bridgehead atoms. The van der Waals surface area contributed by atoms with Crippen molar-refractivity contribution in [3.8, 4) is 17.3 Å². The second-order valence-corrected chi connectivity index (χ2v) is 4.49.